The van der Waals surface area contributed by atoms with Crippen molar-refractivity contribution in [3.8, 4) is 0 Å². The Morgan fingerprint density at radius 1 is 1.44 bits per heavy atom. The quantitative estimate of drug-likeness (QED) is 0.599. The molecule has 2 rings (SSSR count). The van der Waals surface area contributed by atoms with Gasteiger partial charge in [0, 0.05) is 26.5 Å². The maximum absolute atomic E-state index is 10.8. The molecule has 1 aromatic heterocycles. The number of aromatic amines is 1. The number of aromatic nitrogens is 1. The molecule has 4 nitrogen and oxygen atoms in total. The number of benzene rings is 1. The molecule has 16 heavy (non-hydrogen) atoms. The smallest absolute Gasteiger partial charge is 0.335 e. The fraction of sp³-hybridized carbons (Fsp3) is 0.111. The summed E-state index contributed by atoms with van der Waals surface area (Å²) in [7, 11) is -3.96. The van der Waals surface area contributed by atoms with E-state index in [9.17, 15) is 4.57 Å². The first kappa shape index (κ1) is 12.2. The summed E-state index contributed by atoms with van der Waals surface area (Å²) in [5.74, 6) is 0. The lowest BCUT2D eigenvalue weighted by Gasteiger charge is -2.02. The standard InChI is InChI=1S/C9H9BrNO3PS/c10-6-1-2-8-7(3-6)9(4-11-8)16-5-15(12,13)14/h1-4,11H,5H2,(H2,12,13,14). The Bertz CT molecular complexity index is 565. The van der Waals surface area contributed by atoms with Gasteiger partial charge in [-0.05, 0) is 18.2 Å². The summed E-state index contributed by atoms with van der Waals surface area (Å²) in [5.41, 5.74) is 0.753. The fourth-order valence-corrected chi connectivity index (χ4v) is 3.40. The van der Waals surface area contributed by atoms with Gasteiger partial charge >= 0.3 is 7.60 Å². The highest BCUT2D eigenvalue weighted by atomic mass is 79.9. The van der Waals surface area contributed by atoms with E-state index in [0.29, 0.717) is 0 Å². The minimum atomic E-state index is -3.96. The highest BCUT2D eigenvalue weighted by molar-refractivity contribution is 9.10. The first-order chi connectivity index (χ1) is 7.46. The molecule has 0 spiro atoms. The SMILES string of the molecule is O=P(O)(O)CSc1c[nH]c2ccc(Br)cc12. The van der Waals surface area contributed by atoms with Gasteiger partial charge in [0.15, 0.2) is 0 Å². The number of hydrogen-bond donors (Lipinski definition) is 3. The van der Waals surface area contributed by atoms with E-state index in [1.165, 1.54) is 0 Å². The molecule has 0 fully saturated rings. The van der Waals surface area contributed by atoms with Crippen LogP contribution in [0.25, 0.3) is 10.9 Å². The predicted molar refractivity (Wildman–Crippen MR) is 68.8 cm³/mol. The van der Waals surface area contributed by atoms with Crippen LogP contribution in [0, 0.1) is 0 Å². The molecule has 0 radical (unpaired) electrons. The van der Waals surface area contributed by atoms with Crippen LogP contribution in [0.3, 0.4) is 0 Å². The van der Waals surface area contributed by atoms with Gasteiger partial charge in [-0.2, -0.15) is 0 Å². The number of halogens is 1. The predicted octanol–water partition coefficient (Wildman–Crippen LogP) is 3.16. The van der Waals surface area contributed by atoms with Gasteiger partial charge in [-0.15, -0.1) is 11.8 Å². The number of hydrogen-bond acceptors (Lipinski definition) is 2. The van der Waals surface area contributed by atoms with Gasteiger partial charge in [0.25, 0.3) is 0 Å². The van der Waals surface area contributed by atoms with Crippen LogP contribution in [-0.4, -0.2) is 20.3 Å². The van der Waals surface area contributed by atoms with Gasteiger partial charge in [-0.1, -0.05) is 15.9 Å². The normalized spacial score (nSPS) is 12.2. The molecule has 0 aliphatic rings. The summed E-state index contributed by atoms with van der Waals surface area (Å²) in [6, 6.07) is 5.76. The summed E-state index contributed by atoms with van der Waals surface area (Å²) in [5, 5.41) is 0.966. The van der Waals surface area contributed by atoms with Gasteiger partial charge in [-0.25, -0.2) is 0 Å². The molecule has 0 aliphatic carbocycles. The molecular formula is C9H9BrNO3PS. The van der Waals surface area contributed by atoms with Crippen molar-refractivity contribution < 1.29 is 14.4 Å². The Kier molecular flexibility index (Phi) is 3.47. The molecule has 0 aliphatic heterocycles. The van der Waals surface area contributed by atoms with Gasteiger partial charge in [-0.3, -0.25) is 4.57 Å². The first-order valence-corrected chi connectivity index (χ1v) is 7.97. The topological polar surface area (TPSA) is 73.3 Å². The average molecular weight is 322 g/mol. The van der Waals surface area contributed by atoms with Crippen LogP contribution in [0.4, 0.5) is 0 Å². The van der Waals surface area contributed by atoms with E-state index in [0.717, 1.165) is 32.0 Å². The average Bonchev–Trinajstić information content (AvgIpc) is 2.56. The van der Waals surface area contributed by atoms with Crippen molar-refractivity contribution in [1.82, 2.24) is 4.98 Å². The Hall–Kier alpha value is -0.260. The second kappa shape index (κ2) is 4.55. The molecule has 0 saturated heterocycles. The molecule has 0 saturated carbocycles. The van der Waals surface area contributed by atoms with E-state index in [1.807, 2.05) is 18.2 Å². The maximum atomic E-state index is 10.8. The van der Waals surface area contributed by atoms with Crippen LogP contribution >= 0.6 is 35.3 Å². The van der Waals surface area contributed by atoms with Gasteiger partial charge in [0.05, 0.1) is 0 Å². The van der Waals surface area contributed by atoms with Crippen LogP contribution in [0.5, 0.6) is 0 Å². The van der Waals surface area contributed by atoms with Crippen LogP contribution in [0.1, 0.15) is 0 Å². The van der Waals surface area contributed by atoms with E-state index in [4.69, 9.17) is 9.79 Å². The second-order valence-corrected chi connectivity index (χ2v) is 7.29. The fourth-order valence-electron chi connectivity index (χ4n) is 1.34. The zero-order valence-corrected chi connectivity index (χ0v) is 11.3. The highest BCUT2D eigenvalue weighted by Gasteiger charge is 2.15. The molecule has 7 heteroatoms. The molecule has 0 bridgehead atoms. The van der Waals surface area contributed by atoms with E-state index < -0.39 is 7.60 Å². The van der Waals surface area contributed by atoms with Crippen LogP contribution < -0.4 is 0 Å². The van der Waals surface area contributed by atoms with E-state index in [1.54, 1.807) is 6.20 Å². The first-order valence-electron chi connectivity index (χ1n) is 4.40. The number of nitrogens with one attached hydrogen (secondary N) is 1. The molecule has 3 N–H and O–H groups in total. The molecule has 0 atom stereocenters. The molecule has 1 heterocycles. The Morgan fingerprint density at radius 3 is 2.88 bits per heavy atom. The molecular weight excluding hydrogens is 313 g/mol. The summed E-state index contributed by atoms with van der Waals surface area (Å²) in [4.78, 5) is 21.5. The molecule has 0 unspecified atom stereocenters. The minimum absolute atomic E-state index is 0.202. The molecule has 2 aromatic rings. The van der Waals surface area contributed by atoms with Crippen molar-refractivity contribution in [2.75, 3.05) is 5.49 Å². The van der Waals surface area contributed by atoms with Crippen molar-refractivity contribution in [1.29, 1.82) is 0 Å². The summed E-state index contributed by atoms with van der Waals surface area (Å²) in [6.07, 6.45) is 1.76. The zero-order valence-electron chi connectivity index (χ0n) is 8.05. The minimum Gasteiger partial charge on any atom is -0.360 e. The summed E-state index contributed by atoms with van der Waals surface area (Å²) >= 11 is 4.52. The third-order valence-corrected chi connectivity index (χ3v) is 5.00. The van der Waals surface area contributed by atoms with E-state index in [-0.39, 0.29) is 5.49 Å². The summed E-state index contributed by atoms with van der Waals surface area (Å²) in [6.45, 7) is 0. The second-order valence-electron chi connectivity index (χ2n) is 3.28. The van der Waals surface area contributed by atoms with Gasteiger partial charge in [0.2, 0.25) is 0 Å². The lowest BCUT2D eigenvalue weighted by atomic mass is 10.2. The van der Waals surface area contributed by atoms with E-state index in [2.05, 4.69) is 20.9 Å². The maximum Gasteiger partial charge on any atom is 0.335 e. The largest absolute Gasteiger partial charge is 0.360 e. The summed E-state index contributed by atoms with van der Waals surface area (Å²) < 4.78 is 11.7. The van der Waals surface area contributed by atoms with Crippen LogP contribution in [0.15, 0.2) is 33.8 Å². The Balaban J connectivity index is 2.31. The monoisotopic (exact) mass is 321 g/mol. The zero-order chi connectivity index (χ0) is 11.8. The van der Waals surface area contributed by atoms with Crippen molar-refractivity contribution in [2.24, 2.45) is 0 Å². The lowest BCUT2D eigenvalue weighted by Crippen LogP contribution is -1.81. The third-order valence-electron chi connectivity index (χ3n) is 1.99. The van der Waals surface area contributed by atoms with Gasteiger partial charge in [0.1, 0.15) is 5.49 Å². The van der Waals surface area contributed by atoms with Gasteiger partial charge < -0.3 is 14.8 Å². The molecule has 0 amide bonds. The van der Waals surface area contributed by atoms with Crippen molar-refractivity contribution in [3.63, 3.8) is 0 Å². The van der Waals surface area contributed by atoms with Crippen LogP contribution in [-0.2, 0) is 4.57 Å². The van der Waals surface area contributed by atoms with Crippen molar-refractivity contribution >= 4 is 46.2 Å². The lowest BCUT2D eigenvalue weighted by molar-refractivity contribution is 0.379. The number of H-pyrrole nitrogens is 1. The van der Waals surface area contributed by atoms with Crippen molar-refractivity contribution in [2.45, 2.75) is 4.90 Å². The Morgan fingerprint density at radius 2 is 2.19 bits per heavy atom. The van der Waals surface area contributed by atoms with E-state index >= 15 is 0 Å². The number of rotatable bonds is 3. The molecule has 86 valence electrons. The highest BCUT2D eigenvalue weighted by Crippen LogP contribution is 2.43. The third kappa shape index (κ3) is 2.90. The van der Waals surface area contributed by atoms with Crippen molar-refractivity contribution in [3.05, 3.63) is 28.9 Å². The van der Waals surface area contributed by atoms with Crippen LogP contribution in [0.2, 0.25) is 0 Å². The Labute approximate surface area is 105 Å². The molecule has 1 aromatic carbocycles. The number of thioether (sulfide) groups is 1. The number of fused-ring (bicyclic) bond motifs is 1.